The van der Waals surface area contributed by atoms with E-state index in [1.54, 1.807) is 18.7 Å². The van der Waals surface area contributed by atoms with Crippen molar-refractivity contribution in [2.24, 2.45) is 5.92 Å². The summed E-state index contributed by atoms with van der Waals surface area (Å²) in [6.45, 7) is 4.42. The second-order valence-corrected chi connectivity index (χ2v) is 8.36. The Hall–Kier alpha value is -2.35. The molecule has 2 N–H and O–H groups in total. The van der Waals surface area contributed by atoms with E-state index in [0.717, 1.165) is 5.56 Å². The summed E-state index contributed by atoms with van der Waals surface area (Å²) in [6, 6.07) is 2.35. The molecular formula is C20H25ClFN3O4. The Morgan fingerprint density at radius 1 is 1.38 bits per heavy atom. The summed E-state index contributed by atoms with van der Waals surface area (Å²) in [5, 5.41) is 4.82. The van der Waals surface area contributed by atoms with E-state index in [1.807, 2.05) is 0 Å². The van der Waals surface area contributed by atoms with Crippen LogP contribution in [-0.4, -0.2) is 48.5 Å². The second kappa shape index (κ2) is 8.18. The number of hydrogen-bond acceptors (Lipinski definition) is 4. The number of hydrogen-bond donors (Lipinski definition) is 2. The number of benzene rings is 1. The Balaban J connectivity index is 1.62. The molecule has 2 heterocycles. The first-order valence-electron chi connectivity index (χ1n) is 9.60. The summed E-state index contributed by atoms with van der Waals surface area (Å²) in [5.41, 5.74) is -0.328. The molecule has 7 nitrogen and oxygen atoms in total. The largest absolute Gasteiger partial charge is 0.496 e. The number of rotatable bonds is 5. The van der Waals surface area contributed by atoms with Crippen molar-refractivity contribution in [2.75, 3.05) is 20.2 Å². The van der Waals surface area contributed by atoms with Gasteiger partial charge in [-0.2, -0.15) is 0 Å². The van der Waals surface area contributed by atoms with Gasteiger partial charge in [-0.3, -0.25) is 14.9 Å². The number of nitrogens with one attached hydrogen (secondary N) is 2. The zero-order valence-electron chi connectivity index (χ0n) is 16.7. The number of urea groups is 1. The summed E-state index contributed by atoms with van der Waals surface area (Å²) in [4.78, 5) is 38.0. The summed E-state index contributed by atoms with van der Waals surface area (Å²) < 4.78 is 19.3. The molecule has 2 fully saturated rings. The fraction of sp³-hybridized carbons (Fsp3) is 0.550. The quantitative estimate of drug-likeness (QED) is 0.710. The fourth-order valence-electron chi connectivity index (χ4n) is 4.19. The van der Waals surface area contributed by atoms with Crippen LogP contribution in [0.1, 0.15) is 44.6 Å². The number of carbonyl (C=O) groups excluding carboxylic acids is 3. The van der Waals surface area contributed by atoms with Gasteiger partial charge in [-0.25, -0.2) is 9.18 Å². The van der Waals surface area contributed by atoms with Crippen LogP contribution in [0.3, 0.4) is 0 Å². The van der Waals surface area contributed by atoms with Gasteiger partial charge in [0.15, 0.2) is 0 Å². The molecule has 1 aromatic rings. The van der Waals surface area contributed by atoms with E-state index < -0.39 is 29.2 Å². The van der Waals surface area contributed by atoms with Gasteiger partial charge in [0.05, 0.1) is 12.1 Å². The highest BCUT2D eigenvalue weighted by Crippen LogP contribution is 2.37. The minimum Gasteiger partial charge on any atom is -0.496 e. The third kappa shape index (κ3) is 4.32. The van der Waals surface area contributed by atoms with Crippen molar-refractivity contribution in [2.45, 2.75) is 44.6 Å². The summed E-state index contributed by atoms with van der Waals surface area (Å²) in [7, 11) is 1.52. The molecule has 29 heavy (non-hydrogen) atoms. The van der Waals surface area contributed by atoms with Gasteiger partial charge in [0, 0.05) is 30.6 Å². The molecule has 1 unspecified atom stereocenters. The number of carbonyl (C=O) groups is 3. The Morgan fingerprint density at radius 2 is 2.03 bits per heavy atom. The van der Waals surface area contributed by atoms with Crippen LogP contribution >= 0.6 is 11.6 Å². The van der Waals surface area contributed by atoms with Crippen molar-refractivity contribution in [3.8, 4) is 5.75 Å². The Kier molecular flexibility index (Phi) is 6.03. The normalized spacial score (nSPS) is 23.6. The van der Waals surface area contributed by atoms with Crippen molar-refractivity contribution in [3.05, 3.63) is 28.5 Å². The van der Waals surface area contributed by atoms with Crippen molar-refractivity contribution in [1.29, 1.82) is 0 Å². The zero-order valence-corrected chi connectivity index (χ0v) is 17.4. The Bertz CT molecular complexity index is 841. The average Bonchev–Trinajstić information content (AvgIpc) is 2.94. The summed E-state index contributed by atoms with van der Waals surface area (Å²) >= 11 is 5.84. The van der Waals surface area contributed by atoms with Crippen molar-refractivity contribution >= 4 is 29.4 Å². The molecule has 2 aliphatic rings. The molecule has 0 aromatic heterocycles. The van der Waals surface area contributed by atoms with E-state index >= 15 is 0 Å². The lowest BCUT2D eigenvalue weighted by atomic mass is 9.86. The van der Waals surface area contributed by atoms with Gasteiger partial charge in [0.2, 0.25) is 5.91 Å². The predicted octanol–water partition coefficient (Wildman–Crippen LogP) is 2.82. The molecule has 2 atom stereocenters. The maximum absolute atomic E-state index is 13.9. The van der Waals surface area contributed by atoms with E-state index in [1.165, 1.54) is 19.2 Å². The zero-order chi connectivity index (χ0) is 21.3. The number of nitrogens with zero attached hydrogens (tertiary/aromatic N) is 1. The standard InChI is InChI=1S/C20H25ClFN3O4/c1-11(10-20(2)18(27)23-19(28)24-20)17(26)25-6-4-12(5-7-25)13-8-15(22)14(21)9-16(13)29-3/h8-9,11-12H,4-7,10H2,1-3H3,(H2,23,24,27,28)/t11?,20-/m1/s1. The van der Waals surface area contributed by atoms with Crippen LogP contribution in [0.4, 0.5) is 9.18 Å². The second-order valence-electron chi connectivity index (χ2n) is 7.95. The number of ether oxygens (including phenoxy) is 1. The first kappa shape index (κ1) is 21.4. The number of amides is 4. The topological polar surface area (TPSA) is 87.7 Å². The molecule has 0 aliphatic carbocycles. The molecule has 9 heteroatoms. The molecule has 2 aliphatic heterocycles. The van der Waals surface area contributed by atoms with Gasteiger partial charge in [-0.15, -0.1) is 0 Å². The highest BCUT2D eigenvalue weighted by atomic mass is 35.5. The summed E-state index contributed by atoms with van der Waals surface area (Å²) in [5.74, 6) is -0.785. The van der Waals surface area contributed by atoms with Crippen LogP contribution in [0.2, 0.25) is 5.02 Å². The number of methoxy groups -OCH3 is 1. The van der Waals surface area contributed by atoms with Gasteiger partial charge >= 0.3 is 6.03 Å². The molecule has 0 saturated carbocycles. The van der Waals surface area contributed by atoms with Gasteiger partial charge in [-0.1, -0.05) is 18.5 Å². The van der Waals surface area contributed by atoms with Crippen LogP contribution < -0.4 is 15.4 Å². The first-order chi connectivity index (χ1) is 13.6. The van der Waals surface area contributed by atoms with Gasteiger partial charge < -0.3 is 15.0 Å². The van der Waals surface area contributed by atoms with Crippen LogP contribution in [-0.2, 0) is 9.59 Å². The molecular weight excluding hydrogens is 401 g/mol. The third-order valence-electron chi connectivity index (χ3n) is 5.77. The monoisotopic (exact) mass is 425 g/mol. The molecule has 0 spiro atoms. The van der Waals surface area contributed by atoms with E-state index in [9.17, 15) is 18.8 Å². The third-order valence-corrected chi connectivity index (χ3v) is 6.06. The van der Waals surface area contributed by atoms with E-state index in [4.69, 9.17) is 16.3 Å². The van der Waals surface area contributed by atoms with Gasteiger partial charge in [-0.05, 0) is 38.2 Å². The predicted molar refractivity (Wildman–Crippen MR) is 105 cm³/mol. The van der Waals surface area contributed by atoms with Crippen LogP contribution in [0.5, 0.6) is 5.75 Å². The first-order valence-corrected chi connectivity index (χ1v) is 9.97. The molecule has 3 rings (SSSR count). The minimum absolute atomic E-state index is 0.0172. The van der Waals surface area contributed by atoms with E-state index in [0.29, 0.717) is 31.7 Å². The molecule has 1 aromatic carbocycles. The lowest BCUT2D eigenvalue weighted by Crippen LogP contribution is -2.48. The number of piperidine rings is 1. The highest BCUT2D eigenvalue weighted by Gasteiger charge is 2.44. The smallest absolute Gasteiger partial charge is 0.322 e. The SMILES string of the molecule is COc1cc(Cl)c(F)cc1C1CCN(C(=O)C(C)C[C@@]2(C)NC(=O)NC2=O)CC1. The highest BCUT2D eigenvalue weighted by molar-refractivity contribution is 6.30. The van der Waals surface area contributed by atoms with Crippen molar-refractivity contribution in [1.82, 2.24) is 15.5 Å². The summed E-state index contributed by atoms with van der Waals surface area (Å²) in [6.07, 6.45) is 1.56. The number of imide groups is 1. The Morgan fingerprint density at radius 3 is 2.59 bits per heavy atom. The van der Waals surface area contributed by atoms with E-state index in [-0.39, 0.29) is 23.3 Å². The van der Waals surface area contributed by atoms with Crippen molar-refractivity contribution < 1.29 is 23.5 Å². The average molecular weight is 426 g/mol. The molecule has 0 bridgehead atoms. The van der Waals surface area contributed by atoms with Crippen LogP contribution in [0.25, 0.3) is 0 Å². The number of likely N-dealkylation sites (tertiary alicyclic amines) is 1. The van der Waals surface area contributed by atoms with Gasteiger partial charge in [0.25, 0.3) is 5.91 Å². The molecule has 0 radical (unpaired) electrons. The minimum atomic E-state index is -1.08. The molecule has 4 amide bonds. The fourth-order valence-corrected chi connectivity index (χ4v) is 4.34. The number of halogens is 2. The molecule has 2 saturated heterocycles. The van der Waals surface area contributed by atoms with Crippen LogP contribution in [0.15, 0.2) is 12.1 Å². The lowest BCUT2D eigenvalue weighted by Gasteiger charge is -2.35. The maximum Gasteiger partial charge on any atom is 0.322 e. The maximum atomic E-state index is 13.9. The Labute approximate surface area is 173 Å². The van der Waals surface area contributed by atoms with E-state index in [2.05, 4.69) is 10.6 Å². The lowest BCUT2D eigenvalue weighted by molar-refractivity contribution is -0.137. The van der Waals surface area contributed by atoms with Gasteiger partial charge in [0.1, 0.15) is 17.1 Å². The van der Waals surface area contributed by atoms with Crippen molar-refractivity contribution in [3.63, 3.8) is 0 Å². The van der Waals surface area contributed by atoms with Crippen LogP contribution in [0, 0.1) is 11.7 Å². The molecule has 158 valence electrons.